The van der Waals surface area contributed by atoms with Crippen LogP contribution in [-0.2, 0) is 0 Å². The summed E-state index contributed by atoms with van der Waals surface area (Å²) >= 11 is 5.85. The summed E-state index contributed by atoms with van der Waals surface area (Å²) in [4.78, 5) is 11.4. The van der Waals surface area contributed by atoms with Crippen molar-refractivity contribution in [3.8, 4) is 0 Å². The monoisotopic (exact) mass is 211 g/mol. The Bertz CT molecular complexity index is 311. The van der Waals surface area contributed by atoms with Gasteiger partial charge in [-0.05, 0) is 0 Å². The zero-order valence-corrected chi connectivity index (χ0v) is 8.53. The van der Waals surface area contributed by atoms with Crippen LogP contribution in [0.1, 0.15) is 10.4 Å². The van der Waals surface area contributed by atoms with Gasteiger partial charge >= 0.3 is 0 Å². The molecule has 13 heavy (non-hydrogen) atoms. The summed E-state index contributed by atoms with van der Waals surface area (Å²) in [6.45, 7) is 0. The largest absolute Gasteiger partial charge is 0.385 e. The first-order chi connectivity index (χ1) is 6.20. The molecular formula is C9H9NOS2. The van der Waals surface area contributed by atoms with E-state index >= 15 is 0 Å². The fourth-order valence-electron chi connectivity index (χ4n) is 0.844. The number of carbonyl (C=O) groups excluding carboxylic acids is 1. The smallest absolute Gasteiger partial charge is 0.173 e. The van der Waals surface area contributed by atoms with E-state index in [1.54, 1.807) is 12.1 Å². The lowest BCUT2D eigenvalue weighted by Gasteiger charge is -1.98. The standard InChI is InChI=1S/C9H9NOS2/c10-9(12)13-6-8(11)7-4-2-1-3-5-7/h1-5H,6H2,(H2,10,12). The summed E-state index contributed by atoms with van der Waals surface area (Å²) in [6.07, 6.45) is 0. The van der Waals surface area contributed by atoms with E-state index in [0.29, 0.717) is 15.6 Å². The van der Waals surface area contributed by atoms with Crippen molar-refractivity contribution in [1.29, 1.82) is 0 Å². The molecule has 0 atom stereocenters. The second-order valence-electron chi connectivity index (χ2n) is 2.40. The molecule has 0 aliphatic heterocycles. The summed E-state index contributed by atoms with van der Waals surface area (Å²) in [7, 11) is 0. The Morgan fingerprint density at radius 3 is 2.54 bits per heavy atom. The number of Topliss-reactive ketones (excluding diaryl/α,β-unsaturated/α-hetero) is 1. The van der Waals surface area contributed by atoms with E-state index in [4.69, 9.17) is 5.73 Å². The van der Waals surface area contributed by atoms with Crippen LogP contribution in [-0.4, -0.2) is 15.9 Å². The number of ketones is 1. The second kappa shape index (κ2) is 4.99. The molecule has 0 aromatic heterocycles. The molecule has 0 unspecified atom stereocenters. The Hall–Kier alpha value is -0.870. The van der Waals surface area contributed by atoms with Crippen LogP contribution in [0.4, 0.5) is 0 Å². The Morgan fingerprint density at radius 1 is 1.38 bits per heavy atom. The molecule has 0 radical (unpaired) electrons. The number of hydrogen-bond donors (Lipinski definition) is 1. The third kappa shape index (κ3) is 3.57. The van der Waals surface area contributed by atoms with E-state index in [1.165, 1.54) is 11.8 Å². The van der Waals surface area contributed by atoms with E-state index < -0.39 is 0 Å². The summed E-state index contributed by atoms with van der Waals surface area (Å²) in [5, 5.41) is 0. The van der Waals surface area contributed by atoms with Crippen molar-refractivity contribution in [2.75, 3.05) is 5.75 Å². The van der Waals surface area contributed by atoms with Crippen LogP contribution in [0, 0.1) is 0 Å². The highest BCUT2D eigenvalue weighted by Crippen LogP contribution is 2.06. The van der Waals surface area contributed by atoms with Gasteiger partial charge in [-0.3, -0.25) is 4.79 Å². The third-order valence-corrected chi connectivity index (χ3v) is 2.49. The van der Waals surface area contributed by atoms with Crippen LogP contribution in [0.2, 0.25) is 0 Å². The Balaban J connectivity index is 2.54. The summed E-state index contributed by atoms with van der Waals surface area (Å²) in [6, 6.07) is 9.10. The second-order valence-corrected chi connectivity index (χ2v) is 4.11. The van der Waals surface area contributed by atoms with Gasteiger partial charge in [0.05, 0.1) is 5.75 Å². The molecule has 0 fully saturated rings. The van der Waals surface area contributed by atoms with E-state index in [0.717, 1.165) is 0 Å². The molecule has 0 aliphatic carbocycles. The zero-order chi connectivity index (χ0) is 9.68. The predicted octanol–water partition coefficient (Wildman–Crippen LogP) is 1.85. The molecule has 2 N–H and O–H groups in total. The fourth-order valence-corrected chi connectivity index (χ4v) is 1.46. The Morgan fingerprint density at radius 2 is 2.00 bits per heavy atom. The lowest BCUT2D eigenvalue weighted by molar-refractivity contribution is 0.102. The number of benzene rings is 1. The minimum absolute atomic E-state index is 0.0541. The maximum absolute atomic E-state index is 11.4. The molecule has 2 nitrogen and oxygen atoms in total. The predicted molar refractivity (Wildman–Crippen MR) is 60.0 cm³/mol. The van der Waals surface area contributed by atoms with Gasteiger partial charge in [0.15, 0.2) is 5.78 Å². The van der Waals surface area contributed by atoms with Crippen molar-refractivity contribution in [3.63, 3.8) is 0 Å². The van der Waals surface area contributed by atoms with Crippen LogP contribution in [0.15, 0.2) is 30.3 Å². The molecule has 1 aromatic rings. The molecule has 0 bridgehead atoms. The highest BCUT2D eigenvalue weighted by atomic mass is 32.2. The van der Waals surface area contributed by atoms with Crippen LogP contribution in [0.3, 0.4) is 0 Å². The van der Waals surface area contributed by atoms with Gasteiger partial charge in [-0.1, -0.05) is 54.3 Å². The molecule has 1 aromatic carbocycles. The first kappa shape index (κ1) is 10.2. The van der Waals surface area contributed by atoms with Crippen molar-refractivity contribution in [3.05, 3.63) is 35.9 Å². The fraction of sp³-hybridized carbons (Fsp3) is 0.111. The van der Waals surface area contributed by atoms with Gasteiger partial charge in [-0.15, -0.1) is 0 Å². The van der Waals surface area contributed by atoms with Crippen molar-refractivity contribution >= 4 is 34.1 Å². The third-order valence-electron chi connectivity index (χ3n) is 1.44. The van der Waals surface area contributed by atoms with Gasteiger partial charge in [-0.25, -0.2) is 0 Å². The average Bonchev–Trinajstić information content (AvgIpc) is 2.15. The zero-order valence-electron chi connectivity index (χ0n) is 6.90. The maximum atomic E-state index is 11.4. The van der Waals surface area contributed by atoms with Crippen molar-refractivity contribution < 1.29 is 4.79 Å². The Kier molecular flexibility index (Phi) is 3.92. The van der Waals surface area contributed by atoms with Crippen LogP contribution in [0.25, 0.3) is 0 Å². The van der Waals surface area contributed by atoms with E-state index in [9.17, 15) is 4.79 Å². The van der Waals surface area contributed by atoms with Crippen LogP contribution in [0.5, 0.6) is 0 Å². The summed E-state index contributed by atoms with van der Waals surface area (Å²) in [5.41, 5.74) is 5.96. The molecular weight excluding hydrogens is 202 g/mol. The van der Waals surface area contributed by atoms with Gasteiger partial charge < -0.3 is 5.73 Å². The summed E-state index contributed by atoms with van der Waals surface area (Å²) < 4.78 is 0.310. The van der Waals surface area contributed by atoms with Gasteiger partial charge in [0.2, 0.25) is 0 Å². The SMILES string of the molecule is NC(=S)SCC(=O)c1ccccc1. The quantitative estimate of drug-likeness (QED) is 0.612. The summed E-state index contributed by atoms with van der Waals surface area (Å²) in [5.74, 6) is 0.373. The molecule has 0 spiro atoms. The molecule has 0 saturated heterocycles. The lowest BCUT2D eigenvalue weighted by Crippen LogP contribution is -2.08. The molecule has 4 heteroatoms. The number of nitrogens with two attached hydrogens (primary N) is 1. The number of carbonyl (C=O) groups is 1. The molecule has 0 amide bonds. The molecule has 0 aliphatic rings. The first-order valence-electron chi connectivity index (χ1n) is 3.70. The molecule has 0 heterocycles. The molecule has 68 valence electrons. The van der Waals surface area contributed by atoms with Gasteiger partial charge in [0.1, 0.15) is 4.32 Å². The van der Waals surface area contributed by atoms with E-state index in [1.807, 2.05) is 18.2 Å². The average molecular weight is 211 g/mol. The molecule has 1 rings (SSSR count). The van der Waals surface area contributed by atoms with Crippen molar-refractivity contribution in [1.82, 2.24) is 0 Å². The van der Waals surface area contributed by atoms with Crippen molar-refractivity contribution in [2.45, 2.75) is 0 Å². The highest BCUT2D eigenvalue weighted by Gasteiger charge is 2.04. The van der Waals surface area contributed by atoms with Crippen LogP contribution < -0.4 is 5.73 Å². The van der Waals surface area contributed by atoms with E-state index in [2.05, 4.69) is 12.2 Å². The lowest BCUT2D eigenvalue weighted by atomic mass is 10.2. The van der Waals surface area contributed by atoms with Gasteiger partial charge in [0, 0.05) is 5.56 Å². The van der Waals surface area contributed by atoms with Crippen LogP contribution >= 0.6 is 24.0 Å². The number of hydrogen-bond acceptors (Lipinski definition) is 3. The van der Waals surface area contributed by atoms with Gasteiger partial charge in [0.25, 0.3) is 0 Å². The number of thioether (sulfide) groups is 1. The first-order valence-corrected chi connectivity index (χ1v) is 5.10. The van der Waals surface area contributed by atoms with E-state index in [-0.39, 0.29) is 5.78 Å². The minimum atomic E-state index is 0.0541. The number of rotatable bonds is 3. The number of thiocarbonyl (C=S) groups is 1. The highest BCUT2D eigenvalue weighted by molar-refractivity contribution is 8.23. The van der Waals surface area contributed by atoms with Gasteiger partial charge in [-0.2, -0.15) is 0 Å². The normalized spacial score (nSPS) is 9.54. The Labute approximate surface area is 86.5 Å². The molecule has 0 saturated carbocycles. The minimum Gasteiger partial charge on any atom is -0.385 e. The topological polar surface area (TPSA) is 43.1 Å². The van der Waals surface area contributed by atoms with Crippen molar-refractivity contribution in [2.24, 2.45) is 5.73 Å². The maximum Gasteiger partial charge on any atom is 0.173 e.